The van der Waals surface area contributed by atoms with Gasteiger partial charge in [0.15, 0.2) is 0 Å². The first-order chi connectivity index (χ1) is 11.4. The molecule has 0 aliphatic rings. The van der Waals surface area contributed by atoms with Crippen molar-refractivity contribution >= 4 is 32.3 Å². The third-order valence-corrected chi connectivity index (χ3v) is 3.39. The largest absolute Gasteiger partial charge is 0.312 e. The molecule has 2 nitrogen and oxygen atoms in total. The third kappa shape index (κ3) is 4.44. The summed E-state index contributed by atoms with van der Waals surface area (Å²) in [5, 5.41) is 8.14. The van der Waals surface area contributed by atoms with Gasteiger partial charge in [0.25, 0.3) is 0 Å². The lowest BCUT2D eigenvalue weighted by atomic mass is 9.95. The predicted molar refractivity (Wildman–Crippen MR) is 109 cm³/mol. The van der Waals surface area contributed by atoms with Crippen molar-refractivity contribution in [3.8, 4) is 0 Å². The van der Waals surface area contributed by atoms with Gasteiger partial charge in [-0.25, -0.2) is 0 Å². The molecule has 2 heteroatoms. The van der Waals surface area contributed by atoms with Gasteiger partial charge in [-0.05, 0) is 74.6 Å². The molecule has 0 amide bonds. The fourth-order valence-corrected chi connectivity index (χ4v) is 2.67. The second-order valence-corrected chi connectivity index (χ2v) is 6.97. The molecule has 0 spiro atoms. The van der Waals surface area contributed by atoms with Crippen LogP contribution in [0.2, 0.25) is 0 Å². The molecule has 126 valence electrons. The van der Waals surface area contributed by atoms with Crippen molar-refractivity contribution < 1.29 is 0 Å². The molecule has 0 bridgehead atoms. The normalized spacial score (nSPS) is 10.8. The van der Waals surface area contributed by atoms with Crippen LogP contribution >= 0.6 is 0 Å². The fraction of sp³-hybridized carbons (Fsp3) is 0.273. The van der Waals surface area contributed by atoms with Gasteiger partial charge in [-0.15, -0.1) is 0 Å². The van der Waals surface area contributed by atoms with E-state index in [2.05, 4.69) is 60.7 Å². The van der Waals surface area contributed by atoms with Gasteiger partial charge in [0.2, 0.25) is 0 Å². The number of hydrogen-bond donors (Lipinski definition) is 0. The van der Waals surface area contributed by atoms with E-state index >= 15 is 0 Å². The van der Waals surface area contributed by atoms with Crippen LogP contribution in [0.1, 0.15) is 0 Å². The minimum absolute atomic E-state index is 1.34. The van der Waals surface area contributed by atoms with Crippen molar-refractivity contribution in [3.05, 3.63) is 60.7 Å². The van der Waals surface area contributed by atoms with Crippen LogP contribution in [-0.2, 0) is 0 Å². The van der Waals surface area contributed by atoms with Gasteiger partial charge in [0, 0.05) is 0 Å². The zero-order chi connectivity index (χ0) is 17.7. The van der Waals surface area contributed by atoms with E-state index in [9.17, 15) is 0 Å². The molecule has 0 atom stereocenters. The van der Waals surface area contributed by atoms with Crippen molar-refractivity contribution in [1.29, 1.82) is 0 Å². The Morgan fingerprint density at radius 2 is 0.625 bits per heavy atom. The lowest BCUT2D eigenvalue weighted by Gasteiger charge is -2.09. The maximum atomic E-state index is 2.21. The van der Waals surface area contributed by atoms with Crippen LogP contribution in [0.5, 0.6) is 0 Å². The first-order valence-electron chi connectivity index (χ1n) is 8.24. The minimum atomic E-state index is 1.34. The summed E-state index contributed by atoms with van der Waals surface area (Å²) in [6.07, 6.45) is 0. The minimum Gasteiger partial charge on any atom is -0.312 e. The quantitative estimate of drug-likeness (QED) is 0.423. The van der Waals surface area contributed by atoms with Crippen LogP contribution in [-0.4, -0.2) is 52.1 Å². The molecule has 0 aromatic heterocycles. The zero-order valence-electron chi connectivity index (χ0n) is 15.7. The van der Waals surface area contributed by atoms with Gasteiger partial charge in [-0.2, -0.15) is 0 Å². The number of benzene rings is 4. The van der Waals surface area contributed by atoms with Crippen molar-refractivity contribution in [2.24, 2.45) is 0 Å². The summed E-state index contributed by atoms with van der Waals surface area (Å²) in [5.74, 6) is 0. The molecule has 0 aliphatic carbocycles. The van der Waals surface area contributed by atoms with E-state index in [0.29, 0.717) is 0 Å². The Morgan fingerprint density at radius 1 is 0.417 bits per heavy atom. The predicted octanol–water partition coefficient (Wildman–Crippen LogP) is 4.94. The van der Waals surface area contributed by atoms with Crippen molar-refractivity contribution in [2.75, 3.05) is 42.3 Å². The van der Waals surface area contributed by atoms with E-state index in [-0.39, 0.29) is 0 Å². The van der Waals surface area contributed by atoms with Crippen molar-refractivity contribution in [3.63, 3.8) is 0 Å². The van der Waals surface area contributed by atoms with E-state index in [1.165, 1.54) is 32.3 Å². The Labute approximate surface area is 145 Å². The summed E-state index contributed by atoms with van der Waals surface area (Å²) in [7, 11) is 12.0. The van der Waals surface area contributed by atoms with Gasteiger partial charge in [0.1, 0.15) is 0 Å². The first-order valence-corrected chi connectivity index (χ1v) is 8.24. The van der Waals surface area contributed by atoms with Crippen LogP contribution in [0, 0.1) is 0 Å². The van der Waals surface area contributed by atoms with Crippen LogP contribution in [0.4, 0.5) is 0 Å². The summed E-state index contributed by atoms with van der Waals surface area (Å²) in [4.78, 5) is 4.00. The second kappa shape index (κ2) is 8.09. The van der Waals surface area contributed by atoms with Crippen LogP contribution in [0.3, 0.4) is 0 Å². The molecular formula is C22H28N2. The average Bonchev–Trinajstić information content (AvgIpc) is 2.52. The zero-order valence-corrected chi connectivity index (χ0v) is 15.7. The van der Waals surface area contributed by atoms with Crippen molar-refractivity contribution in [1.82, 2.24) is 9.80 Å². The molecule has 0 aliphatic heterocycles. The molecule has 0 saturated heterocycles. The molecule has 0 radical (unpaired) electrons. The lowest BCUT2D eigenvalue weighted by molar-refractivity contribution is 0.505. The number of nitrogens with zero attached hydrogens (tertiary/aromatic N) is 2. The Morgan fingerprint density at radius 3 is 0.833 bits per heavy atom. The summed E-state index contributed by atoms with van der Waals surface area (Å²) < 4.78 is 0. The second-order valence-electron chi connectivity index (χ2n) is 6.97. The Hall–Kier alpha value is -2.16. The van der Waals surface area contributed by atoms with E-state index in [0.717, 1.165) is 0 Å². The lowest BCUT2D eigenvalue weighted by Crippen LogP contribution is -1.99. The summed E-state index contributed by atoms with van der Waals surface area (Å²) >= 11 is 0. The molecule has 4 aromatic carbocycles. The van der Waals surface area contributed by atoms with Crippen LogP contribution in [0.15, 0.2) is 60.7 Å². The fourth-order valence-electron chi connectivity index (χ4n) is 2.67. The molecule has 0 heterocycles. The monoisotopic (exact) mass is 320 g/mol. The van der Waals surface area contributed by atoms with E-state index in [1.54, 1.807) is 0 Å². The van der Waals surface area contributed by atoms with Gasteiger partial charge in [-0.1, -0.05) is 60.7 Å². The maximum Gasteiger partial charge on any atom is -0.00268 e. The van der Waals surface area contributed by atoms with E-state index in [1.807, 2.05) is 52.1 Å². The molecule has 24 heavy (non-hydrogen) atoms. The Bertz CT molecular complexity index is 753. The molecular weight excluding hydrogens is 292 g/mol. The summed E-state index contributed by atoms with van der Waals surface area (Å²) in [6, 6.07) is 21.9. The van der Waals surface area contributed by atoms with E-state index < -0.39 is 0 Å². The first kappa shape index (κ1) is 18.2. The van der Waals surface area contributed by atoms with Crippen molar-refractivity contribution in [2.45, 2.75) is 0 Å². The Balaban J connectivity index is 0.000000223. The third-order valence-electron chi connectivity index (χ3n) is 3.39. The standard InChI is InChI=1S/C16H10.2C3H9N/c1-3-11-7-9-13-5-2-6-14-10-8-12(4-1)15(11)16(13)14;2*1-4(2)3/h1-10H;2*1-3H3. The Kier molecular flexibility index (Phi) is 6.13. The van der Waals surface area contributed by atoms with Gasteiger partial charge < -0.3 is 9.80 Å². The molecule has 0 N–H and O–H groups in total. The highest BCUT2D eigenvalue weighted by Gasteiger charge is 2.05. The SMILES string of the molecule is CN(C)C.CN(C)C.c1cc2ccc3cccc4ccc(c1)c2c34. The van der Waals surface area contributed by atoms with Crippen LogP contribution in [0.25, 0.3) is 32.3 Å². The van der Waals surface area contributed by atoms with Gasteiger partial charge >= 0.3 is 0 Å². The topological polar surface area (TPSA) is 6.48 Å². The highest BCUT2D eigenvalue weighted by molar-refractivity contribution is 6.22. The highest BCUT2D eigenvalue weighted by Crippen LogP contribution is 2.33. The summed E-state index contributed by atoms with van der Waals surface area (Å²) in [5.41, 5.74) is 0. The van der Waals surface area contributed by atoms with Crippen LogP contribution < -0.4 is 0 Å². The van der Waals surface area contributed by atoms with E-state index in [4.69, 9.17) is 0 Å². The molecule has 4 aromatic rings. The summed E-state index contributed by atoms with van der Waals surface area (Å²) in [6.45, 7) is 0. The average molecular weight is 320 g/mol. The van der Waals surface area contributed by atoms with Gasteiger partial charge in [-0.3, -0.25) is 0 Å². The molecule has 0 saturated carbocycles. The van der Waals surface area contributed by atoms with Gasteiger partial charge in [0.05, 0.1) is 0 Å². The molecule has 4 rings (SSSR count). The maximum absolute atomic E-state index is 2.21. The number of rotatable bonds is 0. The number of hydrogen-bond acceptors (Lipinski definition) is 2. The highest BCUT2D eigenvalue weighted by atomic mass is 15.0. The molecule has 0 fully saturated rings. The molecule has 0 unspecified atom stereocenters. The smallest absolute Gasteiger partial charge is 0.00268 e.